The van der Waals surface area contributed by atoms with Crippen molar-refractivity contribution in [2.24, 2.45) is 0 Å². The van der Waals surface area contributed by atoms with E-state index in [1.54, 1.807) is 0 Å². The fourth-order valence-electron chi connectivity index (χ4n) is 1.84. The summed E-state index contributed by atoms with van der Waals surface area (Å²) in [5.41, 5.74) is 0.850. The highest BCUT2D eigenvalue weighted by atomic mass is 79.9. The Labute approximate surface area is 148 Å². The Bertz CT molecular complexity index is 851. The first-order valence-corrected chi connectivity index (χ1v) is 9.09. The van der Waals surface area contributed by atoms with Gasteiger partial charge < -0.3 is 4.74 Å². The van der Waals surface area contributed by atoms with E-state index in [-0.39, 0.29) is 17.1 Å². The molecule has 5 nitrogen and oxygen atoms in total. The average Bonchev–Trinajstić information content (AvgIpc) is 2.53. The second-order valence-corrected chi connectivity index (χ2v) is 8.13. The Morgan fingerprint density at radius 3 is 2.33 bits per heavy atom. The van der Waals surface area contributed by atoms with Gasteiger partial charge in [0.15, 0.2) is 0 Å². The van der Waals surface area contributed by atoms with Crippen LogP contribution in [-0.2, 0) is 21.4 Å². The number of esters is 1. The Morgan fingerprint density at radius 2 is 1.79 bits per heavy atom. The Kier molecular flexibility index (Phi) is 5.74. The minimum Gasteiger partial charge on any atom is -0.457 e. The molecule has 0 amide bonds. The van der Waals surface area contributed by atoms with E-state index in [9.17, 15) is 17.6 Å². The molecular formula is C16H15BrFNO4S. The molecule has 0 saturated heterocycles. The van der Waals surface area contributed by atoms with Gasteiger partial charge in [-0.15, -0.1) is 0 Å². The van der Waals surface area contributed by atoms with Crippen LogP contribution in [0.4, 0.5) is 4.39 Å². The van der Waals surface area contributed by atoms with E-state index in [0.29, 0.717) is 10.0 Å². The normalized spacial score (nSPS) is 11.5. The van der Waals surface area contributed by atoms with Gasteiger partial charge in [-0.05, 0) is 36.4 Å². The lowest BCUT2D eigenvalue weighted by Crippen LogP contribution is -2.22. The van der Waals surface area contributed by atoms with Crippen LogP contribution in [0.15, 0.2) is 51.8 Å². The molecule has 8 heteroatoms. The number of hydrogen-bond donors (Lipinski definition) is 0. The third kappa shape index (κ3) is 4.19. The van der Waals surface area contributed by atoms with E-state index in [1.807, 2.05) is 0 Å². The molecule has 0 saturated carbocycles. The highest BCUT2D eigenvalue weighted by Gasteiger charge is 2.18. The molecular weight excluding hydrogens is 401 g/mol. The van der Waals surface area contributed by atoms with Crippen LogP contribution in [-0.4, -0.2) is 32.8 Å². The van der Waals surface area contributed by atoms with Crippen molar-refractivity contribution in [3.05, 3.63) is 63.9 Å². The Hall–Kier alpha value is -1.77. The predicted molar refractivity (Wildman–Crippen MR) is 90.5 cm³/mol. The highest BCUT2D eigenvalue weighted by Crippen LogP contribution is 2.20. The largest absolute Gasteiger partial charge is 0.457 e. The first kappa shape index (κ1) is 18.6. The maximum absolute atomic E-state index is 13.0. The summed E-state index contributed by atoms with van der Waals surface area (Å²) in [7, 11) is -0.688. The van der Waals surface area contributed by atoms with Crippen molar-refractivity contribution < 1.29 is 22.3 Å². The van der Waals surface area contributed by atoms with Crippen LogP contribution in [0.2, 0.25) is 0 Å². The first-order valence-electron chi connectivity index (χ1n) is 6.85. The van der Waals surface area contributed by atoms with Crippen molar-refractivity contribution in [1.82, 2.24) is 4.31 Å². The third-order valence-corrected chi connectivity index (χ3v) is 5.81. The van der Waals surface area contributed by atoms with Crippen molar-refractivity contribution >= 4 is 31.9 Å². The summed E-state index contributed by atoms with van der Waals surface area (Å²) < 4.78 is 43.7. The van der Waals surface area contributed by atoms with Gasteiger partial charge in [0.05, 0.1) is 10.5 Å². The first-order chi connectivity index (χ1) is 11.2. The second-order valence-electron chi connectivity index (χ2n) is 5.12. The summed E-state index contributed by atoms with van der Waals surface area (Å²) in [5.74, 6) is -0.991. The summed E-state index contributed by atoms with van der Waals surface area (Å²) in [6, 6.07) is 9.54. The van der Waals surface area contributed by atoms with Crippen LogP contribution in [0.5, 0.6) is 0 Å². The number of hydrogen-bond acceptors (Lipinski definition) is 4. The Balaban J connectivity index is 2.08. The van der Waals surface area contributed by atoms with Crippen molar-refractivity contribution in [2.75, 3.05) is 14.1 Å². The molecule has 2 aromatic rings. The van der Waals surface area contributed by atoms with E-state index in [4.69, 9.17) is 4.74 Å². The van der Waals surface area contributed by atoms with Crippen molar-refractivity contribution in [3.63, 3.8) is 0 Å². The molecule has 2 aromatic carbocycles. The summed E-state index contributed by atoms with van der Waals surface area (Å²) in [6.45, 7) is -0.0303. The molecule has 0 N–H and O–H groups in total. The van der Waals surface area contributed by atoms with Crippen LogP contribution in [0, 0.1) is 5.82 Å². The van der Waals surface area contributed by atoms with Gasteiger partial charge in [-0.2, -0.15) is 0 Å². The fourth-order valence-corrected chi connectivity index (χ4v) is 3.21. The van der Waals surface area contributed by atoms with Gasteiger partial charge in [0.1, 0.15) is 12.4 Å². The summed E-state index contributed by atoms with van der Waals surface area (Å²) in [5, 5.41) is 0. The second kappa shape index (κ2) is 7.42. The van der Waals surface area contributed by atoms with Crippen LogP contribution in [0.3, 0.4) is 0 Å². The molecule has 0 spiro atoms. The molecule has 0 aliphatic carbocycles. The van der Waals surface area contributed by atoms with Crippen LogP contribution >= 0.6 is 15.9 Å². The van der Waals surface area contributed by atoms with Gasteiger partial charge in [-0.3, -0.25) is 0 Å². The van der Waals surface area contributed by atoms with Gasteiger partial charge in [-0.25, -0.2) is 21.9 Å². The van der Waals surface area contributed by atoms with E-state index >= 15 is 0 Å². The average molecular weight is 416 g/mol. The third-order valence-electron chi connectivity index (χ3n) is 3.24. The minimum atomic E-state index is -3.54. The van der Waals surface area contributed by atoms with Crippen LogP contribution in [0.1, 0.15) is 15.9 Å². The highest BCUT2D eigenvalue weighted by molar-refractivity contribution is 9.10. The molecule has 24 heavy (non-hydrogen) atoms. The molecule has 128 valence electrons. The summed E-state index contributed by atoms with van der Waals surface area (Å²) in [6.07, 6.45) is 0. The number of nitrogens with zero attached hydrogens (tertiary/aromatic N) is 1. The van der Waals surface area contributed by atoms with E-state index in [2.05, 4.69) is 15.9 Å². The van der Waals surface area contributed by atoms with Gasteiger partial charge in [0.25, 0.3) is 0 Å². The SMILES string of the molecule is CN(C)S(=O)(=O)c1ccc(C(=O)OCc2ccc(F)cc2Br)cc1. The fraction of sp³-hybridized carbons (Fsp3) is 0.188. The van der Waals surface area contributed by atoms with Crippen molar-refractivity contribution in [3.8, 4) is 0 Å². The zero-order chi connectivity index (χ0) is 17.9. The summed E-state index contributed by atoms with van der Waals surface area (Å²) in [4.78, 5) is 12.1. The van der Waals surface area contributed by atoms with Gasteiger partial charge in [0, 0.05) is 24.1 Å². The maximum atomic E-state index is 13.0. The zero-order valence-corrected chi connectivity index (χ0v) is 15.4. The number of carbonyl (C=O) groups is 1. The number of rotatable bonds is 5. The topological polar surface area (TPSA) is 63.7 Å². The van der Waals surface area contributed by atoms with Gasteiger partial charge in [-0.1, -0.05) is 22.0 Å². The number of carbonyl (C=O) groups excluding carboxylic acids is 1. The lowest BCUT2D eigenvalue weighted by molar-refractivity contribution is 0.0472. The van der Waals surface area contributed by atoms with Crippen LogP contribution < -0.4 is 0 Å². The monoisotopic (exact) mass is 415 g/mol. The standard InChI is InChI=1S/C16H15BrFNO4S/c1-19(2)24(21,22)14-7-4-11(5-8-14)16(20)23-10-12-3-6-13(18)9-15(12)17/h3-9H,10H2,1-2H3. The van der Waals surface area contributed by atoms with E-state index in [0.717, 1.165) is 4.31 Å². The van der Waals surface area contributed by atoms with Crippen molar-refractivity contribution in [1.29, 1.82) is 0 Å². The molecule has 0 heterocycles. The molecule has 0 fully saturated rings. The Morgan fingerprint density at radius 1 is 1.17 bits per heavy atom. The molecule has 0 unspecified atom stereocenters. The molecule has 0 atom stereocenters. The molecule has 2 rings (SSSR count). The summed E-state index contributed by atoms with van der Waals surface area (Å²) >= 11 is 3.20. The van der Waals surface area contributed by atoms with E-state index < -0.39 is 21.8 Å². The molecule has 0 aliphatic heterocycles. The smallest absolute Gasteiger partial charge is 0.338 e. The number of sulfonamides is 1. The minimum absolute atomic E-state index is 0.0303. The maximum Gasteiger partial charge on any atom is 0.338 e. The number of ether oxygens (including phenoxy) is 1. The predicted octanol–water partition coefficient (Wildman–Crippen LogP) is 3.20. The van der Waals surface area contributed by atoms with Crippen molar-refractivity contribution in [2.45, 2.75) is 11.5 Å². The lowest BCUT2D eigenvalue weighted by atomic mass is 10.2. The molecule has 0 bridgehead atoms. The number of halogens is 2. The molecule has 0 radical (unpaired) electrons. The molecule has 0 aromatic heterocycles. The zero-order valence-electron chi connectivity index (χ0n) is 13.0. The van der Waals surface area contributed by atoms with Gasteiger partial charge >= 0.3 is 5.97 Å². The van der Waals surface area contributed by atoms with E-state index in [1.165, 1.54) is 56.6 Å². The lowest BCUT2D eigenvalue weighted by Gasteiger charge is -2.11. The quantitative estimate of drug-likeness (QED) is 0.703. The number of benzene rings is 2. The molecule has 0 aliphatic rings. The van der Waals surface area contributed by atoms with Crippen LogP contribution in [0.25, 0.3) is 0 Å². The van der Waals surface area contributed by atoms with Gasteiger partial charge in [0.2, 0.25) is 10.0 Å².